The first-order valence-electron chi connectivity index (χ1n) is 8.68. The number of morpholine rings is 1. The molecular formula is C17H21F2N5O2S. The Bertz CT molecular complexity index is 790. The first-order chi connectivity index (χ1) is 13.0. The van der Waals surface area contributed by atoms with E-state index in [1.54, 1.807) is 6.92 Å². The molecule has 0 bridgehead atoms. The van der Waals surface area contributed by atoms with E-state index in [2.05, 4.69) is 20.4 Å². The summed E-state index contributed by atoms with van der Waals surface area (Å²) in [4.78, 5) is 14.5. The van der Waals surface area contributed by atoms with Gasteiger partial charge in [-0.15, -0.1) is 10.2 Å². The lowest BCUT2D eigenvalue weighted by Crippen LogP contribution is -2.38. The summed E-state index contributed by atoms with van der Waals surface area (Å²) in [5.74, 6) is -1.41. The number of carbonyl (C=O) groups is 1. The molecule has 3 rings (SSSR count). The zero-order chi connectivity index (χ0) is 19.4. The normalized spacial score (nSPS) is 15.6. The summed E-state index contributed by atoms with van der Waals surface area (Å²) in [6, 6.07) is 3.44. The van der Waals surface area contributed by atoms with Gasteiger partial charge in [0.15, 0.2) is 5.16 Å². The van der Waals surface area contributed by atoms with Crippen LogP contribution in [0.2, 0.25) is 0 Å². The second-order valence-corrected chi connectivity index (χ2v) is 7.28. The summed E-state index contributed by atoms with van der Waals surface area (Å²) in [6.07, 6.45) is 0. The molecule has 1 amide bonds. The van der Waals surface area contributed by atoms with E-state index in [9.17, 15) is 13.6 Å². The fraction of sp³-hybridized carbons (Fsp3) is 0.471. The summed E-state index contributed by atoms with van der Waals surface area (Å²) in [5, 5.41) is 10.7. The smallest absolute Gasteiger partial charge is 0.237 e. The molecule has 1 saturated heterocycles. The molecule has 27 heavy (non-hydrogen) atoms. The fourth-order valence-corrected chi connectivity index (χ4v) is 3.60. The number of benzene rings is 1. The van der Waals surface area contributed by atoms with Gasteiger partial charge in [-0.25, -0.2) is 8.78 Å². The molecule has 0 radical (unpaired) electrons. The van der Waals surface area contributed by atoms with Gasteiger partial charge in [-0.2, -0.15) is 0 Å². The summed E-state index contributed by atoms with van der Waals surface area (Å²) < 4.78 is 34.7. The zero-order valence-corrected chi connectivity index (χ0v) is 15.9. The Hall–Kier alpha value is -2.20. The van der Waals surface area contributed by atoms with Crippen molar-refractivity contribution in [2.24, 2.45) is 0 Å². The summed E-state index contributed by atoms with van der Waals surface area (Å²) in [7, 11) is 0. The highest BCUT2D eigenvalue weighted by Gasteiger charge is 2.24. The monoisotopic (exact) mass is 397 g/mol. The predicted molar refractivity (Wildman–Crippen MR) is 99.0 cm³/mol. The van der Waals surface area contributed by atoms with Crippen LogP contribution in [0.3, 0.4) is 0 Å². The van der Waals surface area contributed by atoms with Crippen LogP contribution in [0.1, 0.15) is 13.8 Å². The Morgan fingerprint density at radius 1 is 1.30 bits per heavy atom. The number of aromatic nitrogens is 3. The number of hydrogen-bond acceptors (Lipinski definition) is 6. The lowest BCUT2D eigenvalue weighted by atomic mass is 10.3. The lowest BCUT2D eigenvalue weighted by molar-refractivity contribution is -0.115. The standard InChI is InChI=1S/C17H21F2N5O2S/c1-3-24-16(23-7-9-26-10-8-23)21-22-17(24)27-11(2)15(25)20-14-12(18)5-4-6-13(14)19/h4-6,11H,3,7-10H2,1-2H3,(H,20,25)/t11-/m0/s1. The van der Waals surface area contributed by atoms with Crippen LogP contribution >= 0.6 is 11.8 Å². The summed E-state index contributed by atoms with van der Waals surface area (Å²) in [6.45, 7) is 6.98. The minimum absolute atomic E-state index is 0.444. The van der Waals surface area contributed by atoms with Gasteiger partial charge in [0, 0.05) is 19.6 Å². The second-order valence-electron chi connectivity index (χ2n) is 5.97. The van der Waals surface area contributed by atoms with Crippen molar-refractivity contribution in [3.05, 3.63) is 29.8 Å². The number of halogens is 2. The third kappa shape index (κ3) is 4.38. The van der Waals surface area contributed by atoms with Crippen molar-refractivity contribution < 1.29 is 18.3 Å². The van der Waals surface area contributed by atoms with Gasteiger partial charge in [0.25, 0.3) is 0 Å². The van der Waals surface area contributed by atoms with Crippen molar-refractivity contribution in [1.29, 1.82) is 0 Å². The van der Waals surface area contributed by atoms with E-state index >= 15 is 0 Å². The highest BCUT2D eigenvalue weighted by Crippen LogP contribution is 2.27. The van der Waals surface area contributed by atoms with Crippen molar-refractivity contribution in [2.45, 2.75) is 30.8 Å². The van der Waals surface area contributed by atoms with Gasteiger partial charge in [0.05, 0.1) is 18.5 Å². The molecule has 1 aliphatic heterocycles. The zero-order valence-electron chi connectivity index (χ0n) is 15.1. The van der Waals surface area contributed by atoms with Crippen LogP contribution < -0.4 is 10.2 Å². The number of carbonyl (C=O) groups excluding carboxylic acids is 1. The van der Waals surface area contributed by atoms with Gasteiger partial charge in [-0.1, -0.05) is 17.8 Å². The number of ether oxygens (including phenoxy) is 1. The molecule has 1 aromatic carbocycles. The number of nitrogens with zero attached hydrogens (tertiary/aromatic N) is 4. The van der Waals surface area contributed by atoms with Crippen molar-refractivity contribution in [1.82, 2.24) is 14.8 Å². The quantitative estimate of drug-likeness (QED) is 0.756. The third-order valence-corrected chi connectivity index (χ3v) is 5.25. The molecule has 2 aromatic rings. The Kier molecular flexibility index (Phi) is 6.27. The van der Waals surface area contributed by atoms with E-state index in [4.69, 9.17) is 4.74 Å². The minimum Gasteiger partial charge on any atom is -0.378 e. The van der Waals surface area contributed by atoms with Gasteiger partial charge >= 0.3 is 0 Å². The lowest BCUT2D eigenvalue weighted by Gasteiger charge is -2.27. The Morgan fingerprint density at radius 3 is 2.59 bits per heavy atom. The molecule has 1 N–H and O–H groups in total. The van der Waals surface area contributed by atoms with Crippen LogP contribution in [0.4, 0.5) is 20.4 Å². The van der Waals surface area contributed by atoms with Crippen molar-refractivity contribution >= 4 is 29.3 Å². The van der Waals surface area contributed by atoms with E-state index in [0.717, 1.165) is 31.2 Å². The summed E-state index contributed by atoms with van der Waals surface area (Å²) in [5.41, 5.74) is -0.444. The third-order valence-electron chi connectivity index (χ3n) is 4.17. The average Bonchev–Trinajstić information content (AvgIpc) is 3.07. The van der Waals surface area contributed by atoms with Crippen molar-refractivity contribution in [2.75, 3.05) is 36.5 Å². The van der Waals surface area contributed by atoms with E-state index in [1.165, 1.54) is 17.8 Å². The SMILES string of the molecule is CCn1c(S[C@@H](C)C(=O)Nc2c(F)cccc2F)nnc1N1CCOCC1. The number of nitrogens with one attached hydrogen (secondary N) is 1. The maximum Gasteiger partial charge on any atom is 0.237 e. The highest BCUT2D eigenvalue weighted by molar-refractivity contribution is 8.00. The molecule has 1 atom stereocenters. The van der Waals surface area contributed by atoms with Gasteiger partial charge < -0.3 is 15.0 Å². The van der Waals surface area contributed by atoms with Crippen molar-refractivity contribution in [3.63, 3.8) is 0 Å². The Labute approximate surface area is 160 Å². The number of para-hydroxylation sites is 1. The molecule has 1 aliphatic rings. The molecule has 10 heteroatoms. The van der Waals surface area contributed by atoms with E-state index in [1.807, 2.05) is 11.5 Å². The Morgan fingerprint density at radius 2 is 1.96 bits per heavy atom. The second kappa shape index (κ2) is 8.66. The number of hydrogen-bond donors (Lipinski definition) is 1. The molecule has 1 aromatic heterocycles. The largest absolute Gasteiger partial charge is 0.378 e. The maximum absolute atomic E-state index is 13.7. The van der Waals surface area contributed by atoms with Crippen molar-refractivity contribution in [3.8, 4) is 0 Å². The van der Waals surface area contributed by atoms with Crippen LogP contribution in [-0.4, -0.2) is 52.2 Å². The molecular weight excluding hydrogens is 376 g/mol. The number of rotatable bonds is 6. The minimum atomic E-state index is -0.813. The predicted octanol–water partition coefficient (Wildman–Crippen LogP) is 2.53. The van der Waals surface area contributed by atoms with E-state index in [-0.39, 0.29) is 0 Å². The first-order valence-corrected chi connectivity index (χ1v) is 9.56. The molecule has 0 saturated carbocycles. The van der Waals surface area contributed by atoms with Crippen LogP contribution in [0.25, 0.3) is 0 Å². The molecule has 1 fully saturated rings. The van der Waals surface area contributed by atoms with Crippen LogP contribution in [0.15, 0.2) is 23.4 Å². The topological polar surface area (TPSA) is 72.3 Å². The molecule has 7 nitrogen and oxygen atoms in total. The molecule has 2 heterocycles. The number of amides is 1. The van der Waals surface area contributed by atoms with Gasteiger partial charge in [0.2, 0.25) is 11.9 Å². The van der Waals surface area contributed by atoms with Crippen LogP contribution in [0.5, 0.6) is 0 Å². The van der Waals surface area contributed by atoms with E-state index < -0.39 is 28.5 Å². The highest BCUT2D eigenvalue weighted by atomic mass is 32.2. The number of anilines is 2. The Balaban J connectivity index is 1.71. The number of thioether (sulfide) groups is 1. The molecule has 0 spiro atoms. The fourth-order valence-electron chi connectivity index (χ4n) is 2.70. The van der Waals surface area contributed by atoms with Crippen LogP contribution in [0, 0.1) is 11.6 Å². The van der Waals surface area contributed by atoms with Gasteiger partial charge in [-0.05, 0) is 26.0 Å². The van der Waals surface area contributed by atoms with Gasteiger partial charge in [0.1, 0.15) is 17.3 Å². The average molecular weight is 397 g/mol. The molecule has 0 aliphatic carbocycles. The van der Waals surface area contributed by atoms with Crippen LogP contribution in [-0.2, 0) is 16.1 Å². The molecule has 146 valence electrons. The molecule has 0 unspecified atom stereocenters. The summed E-state index contributed by atoms with van der Waals surface area (Å²) >= 11 is 1.19. The van der Waals surface area contributed by atoms with E-state index in [0.29, 0.717) is 24.9 Å². The van der Waals surface area contributed by atoms with Gasteiger partial charge in [-0.3, -0.25) is 9.36 Å². The maximum atomic E-state index is 13.7. The first kappa shape index (κ1) is 19.6.